The van der Waals surface area contributed by atoms with Gasteiger partial charge in [0.2, 0.25) is 0 Å². The number of rotatable bonds is 7. The monoisotopic (exact) mass is 499 g/mol. The van der Waals surface area contributed by atoms with Crippen molar-refractivity contribution in [2.24, 2.45) is 13.0 Å². The lowest BCUT2D eigenvalue weighted by Crippen LogP contribution is -2.49. The second-order valence-corrected chi connectivity index (χ2v) is 11.4. The Kier molecular flexibility index (Phi) is 6.37. The van der Waals surface area contributed by atoms with Crippen molar-refractivity contribution in [3.63, 3.8) is 0 Å². The van der Waals surface area contributed by atoms with Gasteiger partial charge in [-0.2, -0.15) is 0 Å². The highest BCUT2D eigenvalue weighted by Gasteiger charge is 2.43. The van der Waals surface area contributed by atoms with Gasteiger partial charge in [-0.3, -0.25) is 9.69 Å². The smallest absolute Gasteiger partial charge is 0.258 e. The van der Waals surface area contributed by atoms with Crippen LogP contribution < -0.4 is 4.90 Å². The van der Waals surface area contributed by atoms with E-state index >= 15 is 0 Å². The fourth-order valence-corrected chi connectivity index (χ4v) is 6.21. The van der Waals surface area contributed by atoms with Crippen LogP contribution in [-0.2, 0) is 43.1 Å². The molecule has 1 amide bonds. The number of aromatic nitrogens is 3. The number of likely N-dealkylation sites (tertiary alicyclic amines) is 1. The number of benzene rings is 2. The number of piperidine rings is 1. The maximum atomic E-state index is 13.8. The predicted octanol–water partition coefficient (Wildman–Crippen LogP) is 4.28. The average Bonchev–Trinajstić information content (AvgIpc) is 3.43. The van der Waals surface area contributed by atoms with E-state index in [4.69, 9.17) is 4.74 Å². The van der Waals surface area contributed by atoms with Gasteiger partial charge in [0.05, 0.1) is 19.8 Å². The summed E-state index contributed by atoms with van der Waals surface area (Å²) in [5, 5.41) is 8.34. The molecule has 2 fully saturated rings. The zero-order chi connectivity index (χ0) is 25.6. The van der Waals surface area contributed by atoms with Crippen molar-refractivity contribution in [3.8, 4) is 0 Å². The molecule has 1 aromatic heterocycles. The van der Waals surface area contributed by atoms with Gasteiger partial charge in [0.15, 0.2) is 0 Å². The number of hydrogen-bond donors (Lipinski definition) is 0. The van der Waals surface area contributed by atoms with Crippen LogP contribution in [0.3, 0.4) is 0 Å². The number of hydrogen-bond acceptors (Lipinski definition) is 5. The third kappa shape index (κ3) is 4.59. The topological polar surface area (TPSA) is 63.5 Å². The molecule has 7 nitrogen and oxygen atoms in total. The van der Waals surface area contributed by atoms with Crippen LogP contribution in [0.5, 0.6) is 0 Å². The molecule has 0 saturated carbocycles. The zero-order valence-corrected chi connectivity index (χ0v) is 22.2. The van der Waals surface area contributed by atoms with E-state index in [1.54, 1.807) is 6.33 Å². The van der Waals surface area contributed by atoms with Crippen molar-refractivity contribution in [1.82, 2.24) is 19.7 Å². The molecule has 2 saturated heterocycles. The number of anilines is 1. The maximum absolute atomic E-state index is 13.8. The van der Waals surface area contributed by atoms with E-state index in [0.717, 1.165) is 66.6 Å². The molecule has 3 aromatic rings. The van der Waals surface area contributed by atoms with Crippen molar-refractivity contribution in [2.75, 3.05) is 31.2 Å². The Morgan fingerprint density at radius 2 is 1.97 bits per heavy atom. The van der Waals surface area contributed by atoms with Gasteiger partial charge in [-0.15, -0.1) is 10.2 Å². The number of nitrogens with zero attached hydrogens (tertiary/aromatic N) is 5. The van der Waals surface area contributed by atoms with Crippen molar-refractivity contribution in [1.29, 1.82) is 0 Å². The highest BCUT2D eigenvalue weighted by Crippen LogP contribution is 2.39. The van der Waals surface area contributed by atoms with Crippen LogP contribution in [0.1, 0.15) is 65.1 Å². The van der Waals surface area contributed by atoms with Crippen molar-refractivity contribution in [2.45, 2.75) is 58.0 Å². The molecule has 3 aliphatic rings. The van der Waals surface area contributed by atoms with Gasteiger partial charge in [-0.25, -0.2) is 0 Å². The lowest BCUT2D eigenvalue weighted by atomic mass is 9.75. The minimum atomic E-state index is -0.162. The summed E-state index contributed by atoms with van der Waals surface area (Å²) in [7, 11) is 1.97. The van der Waals surface area contributed by atoms with E-state index in [2.05, 4.69) is 65.3 Å². The first-order valence-corrected chi connectivity index (χ1v) is 13.7. The quantitative estimate of drug-likeness (QED) is 0.486. The van der Waals surface area contributed by atoms with Crippen LogP contribution in [0.2, 0.25) is 0 Å². The van der Waals surface area contributed by atoms with Gasteiger partial charge >= 0.3 is 0 Å². The Hall–Kier alpha value is -3.03. The molecule has 0 unspecified atom stereocenters. The second-order valence-electron chi connectivity index (χ2n) is 11.4. The molecule has 3 aliphatic heterocycles. The van der Waals surface area contributed by atoms with E-state index in [9.17, 15) is 4.79 Å². The van der Waals surface area contributed by atoms with E-state index < -0.39 is 0 Å². The Morgan fingerprint density at radius 3 is 2.68 bits per heavy atom. The van der Waals surface area contributed by atoms with Gasteiger partial charge in [-0.05, 0) is 72.2 Å². The minimum Gasteiger partial charge on any atom is -0.379 e. The number of ether oxygens (including phenoxy) is 1. The Balaban J connectivity index is 1.26. The molecule has 194 valence electrons. The molecule has 37 heavy (non-hydrogen) atoms. The summed E-state index contributed by atoms with van der Waals surface area (Å²) in [4.78, 5) is 18.3. The molecule has 0 aliphatic carbocycles. The lowest BCUT2D eigenvalue weighted by Gasteiger charge is -2.41. The molecule has 0 radical (unpaired) electrons. The van der Waals surface area contributed by atoms with Crippen molar-refractivity contribution < 1.29 is 9.53 Å². The summed E-state index contributed by atoms with van der Waals surface area (Å²) in [6.45, 7) is 9.69. The van der Waals surface area contributed by atoms with E-state index in [-0.39, 0.29) is 11.3 Å². The molecule has 0 N–H and O–H groups in total. The number of amides is 1. The summed E-state index contributed by atoms with van der Waals surface area (Å²) < 4.78 is 7.63. The number of aryl methyl sites for hydroxylation is 2. The van der Waals surface area contributed by atoms with Crippen LogP contribution in [0.25, 0.3) is 0 Å². The SMILES string of the molecule is CCc1cc(CN2CCC[C@H](C)C2)cc(N2Cc3ccc(C4(Cc5nncn5C)COC4)cc3C2=O)c1. The first-order chi connectivity index (χ1) is 17.9. The van der Waals surface area contributed by atoms with Gasteiger partial charge in [0.25, 0.3) is 5.91 Å². The minimum absolute atomic E-state index is 0.0942. The first kappa shape index (κ1) is 24.3. The lowest BCUT2D eigenvalue weighted by molar-refractivity contribution is -0.0611. The highest BCUT2D eigenvalue weighted by atomic mass is 16.5. The summed E-state index contributed by atoms with van der Waals surface area (Å²) >= 11 is 0. The van der Waals surface area contributed by atoms with Gasteiger partial charge in [-0.1, -0.05) is 32.0 Å². The summed E-state index contributed by atoms with van der Waals surface area (Å²) in [6, 6.07) is 13.2. The van der Waals surface area contributed by atoms with E-state index in [1.165, 1.54) is 24.0 Å². The number of carbonyl (C=O) groups is 1. The Labute approximate surface area is 219 Å². The maximum Gasteiger partial charge on any atom is 0.258 e. The summed E-state index contributed by atoms with van der Waals surface area (Å²) in [5.41, 5.74) is 6.51. The van der Waals surface area contributed by atoms with E-state index in [1.807, 2.05) is 16.5 Å². The van der Waals surface area contributed by atoms with Crippen LogP contribution in [0.4, 0.5) is 5.69 Å². The normalized spacial score (nSPS) is 21.2. The van der Waals surface area contributed by atoms with Crippen LogP contribution in [0, 0.1) is 5.92 Å². The predicted molar refractivity (Wildman–Crippen MR) is 144 cm³/mol. The van der Waals surface area contributed by atoms with Crippen molar-refractivity contribution >= 4 is 11.6 Å². The van der Waals surface area contributed by atoms with Crippen LogP contribution in [-0.4, -0.2) is 51.9 Å². The Bertz CT molecular complexity index is 1310. The molecule has 1 atom stereocenters. The Morgan fingerprint density at radius 1 is 1.14 bits per heavy atom. The average molecular weight is 500 g/mol. The molecule has 6 rings (SSSR count). The third-order valence-corrected chi connectivity index (χ3v) is 8.49. The molecular formula is C30H37N5O2. The molecular weight excluding hydrogens is 462 g/mol. The first-order valence-electron chi connectivity index (χ1n) is 13.7. The summed E-state index contributed by atoms with van der Waals surface area (Å²) in [6.07, 6.45) is 6.04. The van der Waals surface area contributed by atoms with Crippen LogP contribution in [0.15, 0.2) is 42.7 Å². The van der Waals surface area contributed by atoms with Gasteiger partial charge < -0.3 is 14.2 Å². The summed E-state index contributed by atoms with van der Waals surface area (Å²) in [5.74, 6) is 1.78. The van der Waals surface area contributed by atoms with Gasteiger partial charge in [0.1, 0.15) is 12.2 Å². The molecule has 4 heterocycles. The van der Waals surface area contributed by atoms with Crippen molar-refractivity contribution in [3.05, 3.63) is 76.4 Å². The zero-order valence-electron chi connectivity index (χ0n) is 22.2. The molecule has 0 bridgehead atoms. The molecule has 2 aromatic carbocycles. The molecule has 0 spiro atoms. The van der Waals surface area contributed by atoms with Crippen LogP contribution >= 0.6 is 0 Å². The third-order valence-electron chi connectivity index (χ3n) is 8.49. The number of fused-ring (bicyclic) bond motifs is 1. The fraction of sp³-hybridized carbons (Fsp3) is 0.500. The highest BCUT2D eigenvalue weighted by molar-refractivity contribution is 6.10. The fourth-order valence-electron chi connectivity index (χ4n) is 6.21. The number of carbonyl (C=O) groups excluding carboxylic acids is 1. The standard InChI is InChI=1S/C30H37N5O2/c1-4-22-10-23(16-34-9-5-6-21(2)15-34)12-26(11-22)35-17-24-7-8-25(13-27(24)29(35)36)30(18-37-19-30)14-28-32-31-20-33(28)3/h7-8,10-13,20-21H,4-6,9,14-19H2,1-3H3/t21-/m0/s1. The van der Waals surface area contributed by atoms with Gasteiger partial charge in [0, 0.05) is 43.2 Å². The van der Waals surface area contributed by atoms with E-state index in [0.29, 0.717) is 19.8 Å². The second kappa shape index (κ2) is 9.69. The largest absolute Gasteiger partial charge is 0.379 e. The molecule has 7 heteroatoms.